The summed E-state index contributed by atoms with van der Waals surface area (Å²) < 4.78 is 5.93. The lowest BCUT2D eigenvalue weighted by molar-refractivity contribution is -0.176. The van der Waals surface area contributed by atoms with Crippen LogP contribution in [-0.2, 0) is 4.74 Å². The van der Waals surface area contributed by atoms with Crippen LogP contribution in [0.4, 0.5) is 0 Å². The van der Waals surface area contributed by atoms with E-state index < -0.39 is 0 Å². The highest BCUT2D eigenvalue weighted by Gasteiger charge is 2.66. The topological polar surface area (TPSA) is 53.5 Å². The molecule has 4 fully saturated rings. The largest absolute Gasteiger partial charge is 0.391 e. The molecule has 5 atom stereocenters. The fraction of sp³-hybridized carbons (Fsp3) is 1.00. The summed E-state index contributed by atoms with van der Waals surface area (Å²) in [7, 11) is 0. The van der Waals surface area contributed by atoms with Crippen LogP contribution in [0.1, 0.15) is 25.7 Å². The lowest BCUT2D eigenvalue weighted by Crippen LogP contribution is -2.71. The zero-order valence-electron chi connectivity index (χ0n) is 10.9. The van der Waals surface area contributed by atoms with Gasteiger partial charge < -0.3 is 20.5 Å². The van der Waals surface area contributed by atoms with Crippen LogP contribution >= 0.6 is 0 Å². The molecular formula is C14H24N2O2. The Bertz CT molecular complexity index is 332. The van der Waals surface area contributed by atoms with Gasteiger partial charge in [0.1, 0.15) is 0 Å². The van der Waals surface area contributed by atoms with Gasteiger partial charge in [-0.3, -0.25) is 0 Å². The van der Waals surface area contributed by atoms with Crippen molar-refractivity contribution in [2.75, 3.05) is 26.2 Å². The highest BCUT2D eigenvalue weighted by atomic mass is 16.5. The predicted molar refractivity (Wildman–Crippen MR) is 68.3 cm³/mol. The molecule has 4 nitrogen and oxygen atoms in total. The number of β-amino-alcohol motifs (C(OH)–C–C–N with tert-alkyl or cyclic N) is 1. The SMILES string of the molecule is OC1CNCC1CNC1C2CCOC2C12CCC2. The number of rotatable bonds is 3. The number of fused-ring (bicyclic) bond motifs is 2. The maximum absolute atomic E-state index is 9.85. The molecule has 2 saturated heterocycles. The van der Waals surface area contributed by atoms with E-state index >= 15 is 0 Å². The average Bonchev–Trinajstić information content (AvgIpc) is 2.86. The minimum atomic E-state index is -0.162. The average molecular weight is 252 g/mol. The van der Waals surface area contributed by atoms with Gasteiger partial charge in [-0.2, -0.15) is 0 Å². The minimum Gasteiger partial charge on any atom is -0.391 e. The first-order chi connectivity index (χ1) is 8.81. The standard InChI is InChI=1S/C14H24N2O2/c17-11-8-15-6-9(11)7-16-12-10-2-5-18-13(10)14(12)3-1-4-14/h9-13,15-17H,1-8H2. The van der Waals surface area contributed by atoms with Crippen LogP contribution in [0.3, 0.4) is 0 Å². The van der Waals surface area contributed by atoms with Crippen molar-refractivity contribution in [1.82, 2.24) is 10.6 Å². The fourth-order valence-electron chi connectivity index (χ4n) is 4.77. The lowest BCUT2D eigenvalue weighted by Gasteiger charge is -2.63. The molecule has 2 aliphatic heterocycles. The van der Waals surface area contributed by atoms with E-state index in [4.69, 9.17) is 4.74 Å². The minimum absolute atomic E-state index is 0.162. The third-order valence-electron chi connectivity index (χ3n) is 5.94. The Morgan fingerprint density at radius 1 is 1.33 bits per heavy atom. The maximum Gasteiger partial charge on any atom is 0.0716 e. The molecular weight excluding hydrogens is 228 g/mol. The van der Waals surface area contributed by atoms with E-state index in [9.17, 15) is 5.11 Å². The molecule has 4 heteroatoms. The molecule has 0 amide bonds. The summed E-state index contributed by atoms with van der Waals surface area (Å²) in [5, 5.41) is 16.9. The third kappa shape index (κ3) is 1.46. The fourth-order valence-corrected chi connectivity index (χ4v) is 4.77. The van der Waals surface area contributed by atoms with E-state index in [0.717, 1.165) is 32.2 Å². The first-order valence-corrected chi connectivity index (χ1v) is 7.55. The van der Waals surface area contributed by atoms with Gasteiger partial charge in [0.25, 0.3) is 0 Å². The Morgan fingerprint density at radius 2 is 2.22 bits per heavy atom. The van der Waals surface area contributed by atoms with Crippen molar-refractivity contribution < 1.29 is 9.84 Å². The second-order valence-electron chi connectivity index (χ2n) is 6.70. The van der Waals surface area contributed by atoms with Crippen molar-refractivity contribution in [2.24, 2.45) is 17.3 Å². The summed E-state index contributed by atoms with van der Waals surface area (Å²) in [4.78, 5) is 0. The molecule has 0 aromatic rings. The highest BCUT2D eigenvalue weighted by Crippen LogP contribution is 2.62. The van der Waals surface area contributed by atoms with E-state index in [1.165, 1.54) is 25.7 Å². The molecule has 4 rings (SSSR count). The van der Waals surface area contributed by atoms with Crippen molar-refractivity contribution in [3.8, 4) is 0 Å². The Balaban J connectivity index is 1.39. The molecule has 1 spiro atoms. The number of hydrogen-bond acceptors (Lipinski definition) is 4. The maximum atomic E-state index is 9.85. The zero-order chi connectivity index (χ0) is 12.2. The number of ether oxygens (including phenoxy) is 1. The van der Waals surface area contributed by atoms with Crippen molar-refractivity contribution in [2.45, 2.75) is 43.9 Å². The third-order valence-corrected chi connectivity index (χ3v) is 5.94. The smallest absolute Gasteiger partial charge is 0.0716 e. The van der Waals surface area contributed by atoms with E-state index in [0.29, 0.717) is 23.5 Å². The Labute approximate surface area is 108 Å². The molecule has 4 aliphatic rings. The summed E-state index contributed by atoms with van der Waals surface area (Å²) in [6.07, 6.45) is 5.68. The van der Waals surface area contributed by atoms with Gasteiger partial charge in [-0.25, -0.2) is 0 Å². The van der Waals surface area contributed by atoms with Crippen molar-refractivity contribution in [3.05, 3.63) is 0 Å². The summed E-state index contributed by atoms with van der Waals surface area (Å²) in [5.74, 6) is 1.14. The molecule has 3 N–H and O–H groups in total. The Morgan fingerprint density at radius 3 is 2.89 bits per heavy atom. The van der Waals surface area contributed by atoms with Gasteiger partial charge in [0.2, 0.25) is 0 Å². The van der Waals surface area contributed by atoms with E-state index in [1.807, 2.05) is 0 Å². The molecule has 2 aliphatic carbocycles. The van der Waals surface area contributed by atoms with Gasteiger partial charge in [-0.15, -0.1) is 0 Å². The summed E-state index contributed by atoms with van der Waals surface area (Å²) in [6, 6.07) is 0.659. The molecule has 0 radical (unpaired) electrons. The molecule has 2 saturated carbocycles. The lowest BCUT2D eigenvalue weighted by atomic mass is 9.46. The quantitative estimate of drug-likeness (QED) is 0.667. The molecule has 0 aromatic carbocycles. The molecule has 5 unspecified atom stereocenters. The monoisotopic (exact) mass is 252 g/mol. The van der Waals surface area contributed by atoms with Gasteiger partial charge in [-0.05, 0) is 19.3 Å². The first-order valence-electron chi connectivity index (χ1n) is 7.55. The highest BCUT2D eigenvalue weighted by molar-refractivity contribution is 5.18. The van der Waals surface area contributed by atoms with Gasteiger partial charge in [0.05, 0.1) is 12.2 Å². The van der Waals surface area contributed by atoms with Gasteiger partial charge in [-0.1, -0.05) is 6.42 Å². The summed E-state index contributed by atoms with van der Waals surface area (Å²) in [5.41, 5.74) is 0.470. The molecule has 0 aromatic heterocycles. The van der Waals surface area contributed by atoms with E-state index in [-0.39, 0.29) is 6.10 Å². The van der Waals surface area contributed by atoms with Gasteiger partial charge >= 0.3 is 0 Å². The van der Waals surface area contributed by atoms with E-state index in [1.54, 1.807) is 0 Å². The Hall–Kier alpha value is -0.160. The van der Waals surface area contributed by atoms with Crippen molar-refractivity contribution in [1.29, 1.82) is 0 Å². The van der Waals surface area contributed by atoms with Crippen LogP contribution in [-0.4, -0.2) is 49.6 Å². The number of hydrogen-bond donors (Lipinski definition) is 3. The molecule has 102 valence electrons. The number of nitrogens with one attached hydrogen (secondary N) is 2. The van der Waals surface area contributed by atoms with Gasteiger partial charge in [0, 0.05) is 49.5 Å². The van der Waals surface area contributed by atoms with Crippen LogP contribution in [0.15, 0.2) is 0 Å². The second-order valence-corrected chi connectivity index (χ2v) is 6.70. The van der Waals surface area contributed by atoms with Crippen molar-refractivity contribution >= 4 is 0 Å². The van der Waals surface area contributed by atoms with Crippen molar-refractivity contribution in [3.63, 3.8) is 0 Å². The molecule has 18 heavy (non-hydrogen) atoms. The van der Waals surface area contributed by atoms with Crippen LogP contribution < -0.4 is 10.6 Å². The first kappa shape index (κ1) is 11.6. The van der Waals surface area contributed by atoms with Crippen LogP contribution in [0.5, 0.6) is 0 Å². The predicted octanol–water partition coefficient (Wildman–Crippen LogP) is 0.114. The van der Waals surface area contributed by atoms with Crippen LogP contribution in [0, 0.1) is 17.3 Å². The molecule has 2 heterocycles. The van der Waals surface area contributed by atoms with Gasteiger partial charge in [0.15, 0.2) is 0 Å². The zero-order valence-corrected chi connectivity index (χ0v) is 10.9. The van der Waals surface area contributed by atoms with E-state index in [2.05, 4.69) is 10.6 Å². The normalized spacial score (nSPS) is 48.8. The molecule has 0 bridgehead atoms. The summed E-state index contributed by atoms with van der Waals surface area (Å²) >= 11 is 0. The number of aliphatic hydroxyl groups excluding tert-OH is 1. The van der Waals surface area contributed by atoms with Crippen LogP contribution in [0.2, 0.25) is 0 Å². The van der Waals surface area contributed by atoms with Crippen LogP contribution in [0.25, 0.3) is 0 Å². The second kappa shape index (κ2) is 4.17. The Kier molecular flexibility index (Phi) is 2.70. The number of aliphatic hydroxyl groups is 1. The summed E-state index contributed by atoms with van der Waals surface area (Å²) in [6.45, 7) is 3.64.